The number of nitrogens with zero attached hydrogens (tertiary/aromatic N) is 1. The molecule has 2 aromatic heterocycles. The first-order valence-corrected chi connectivity index (χ1v) is 45.3. The lowest BCUT2D eigenvalue weighted by atomic mass is 9.90. The third-order valence-electron chi connectivity index (χ3n) is 20.8. The minimum absolute atomic E-state index is 0.00693. The molecule has 744 valence electrons. The standard InChI is InChI=1S/C26H19NO4.C20H6Cl6O5.C20H10F2O5.C20H12O5.C12H10O4.4C3H6O/c1-27(2)16-8-11-21-23(14-16)31-25-18-12-9-17(28)13-15(18)7-10-22(25)24(21)19-5-3-4-6-20(19)26(29)30;21-7-1-2-8(22)13(20(29)30)12(7)11-5-3-9(23)16(27)14(25)18(5)31-19-6(11)4-10(24)17(28)15(19)26;21-13-5-11-17(7-15(13)23)27-18-8-16(24)14(22)6-12(18)19(11)9-3-1-2-4-10(9)20(25)26;21-11-5-7-15-17(9-11)25-18-10-12(22)6-8-16(18)19(15)13-3-1-2-4-14(13)20(23)24;1-7(13)4-8-5-12(15)16-11-6-9(14)2-3-10(8)11;4*1-3(2)4/h3-14H,1-2H3,(H,29,30);1-4,27H,(H,29,30);1-8,23H,(H,25,26);1-10,21H,(H,23,24);2-3,5-6,14H,4H2,1H3;4*1-2H3/p-3. The molecule has 28 nitrogen and oxygen atoms in total. The zero-order chi connectivity index (χ0) is 107. The highest BCUT2D eigenvalue weighted by molar-refractivity contribution is 6.43. The van der Waals surface area contributed by atoms with Crippen LogP contribution in [0.15, 0.2) is 277 Å². The second kappa shape index (κ2) is 47.0. The van der Waals surface area contributed by atoms with Crippen molar-refractivity contribution in [1.29, 1.82) is 0 Å². The van der Waals surface area contributed by atoms with Gasteiger partial charge in [0.1, 0.15) is 84.9 Å². The van der Waals surface area contributed by atoms with Crippen molar-refractivity contribution in [3.05, 3.63) is 351 Å². The van der Waals surface area contributed by atoms with Crippen molar-refractivity contribution in [3.63, 3.8) is 0 Å². The molecule has 11 aromatic carbocycles. The normalized spacial score (nSPS) is 10.7. The Morgan fingerprint density at radius 2 is 0.856 bits per heavy atom. The minimum atomic E-state index is -1.38. The SMILES string of the molecule is CC(=O)Cc1cc(=O)oc2cc(O)ccc12.CC(C)=O.CC(C)=O.CC(C)=O.CC(C)=O.CN(C)c1ccc2c(-c3ccccc3C(=O)O)c3ccc4cc(=O)ccc4c3oc2c1.O=C(O)c1c(Cl)ccc(Cl)c1-c1c2cc(Cl)c(=O)c(Cl)c-2oc2c(Cl)c([O-])c(Cl)cc12.O=C(O)c1ccccc1-c1c2cc(F)c(=O)cc-2oc2cc([O-])c(F)cc12.O=C(O)c1ccccc1-c1c2ccc(=O)cc-2oc2cc([O-])ccc12. The Hall–Kier alpha value is -16.7. The molecule has 36 heteroatoms. The van der Waals surface area contributed by atoms with Gasteiger partial charge in [-0.15, -0.1) is 5.75 Å². The fraction of sp³-hybridized carbons (Fsp3) is 0.109. The molecular weight excluding hydrogens is 2020 g/mol. The molecule has 0 radical (unpaired) electrons. The number of carbonyl (C=O) groups is 9. The van der Waals surface area contributed by atoms with Crippen molar-refractivity contribution in [3.8, 4) is 101 Å². The van der Waals surface area contributed by atoms with Crippen molar-refractivity contribution in [1.82, 2.24) is 0 Å². The van der Waals surface area contributed by atoms with E-state index in [1.807, 2.05) is 61.5 Å². The predicted molar refractivity (Wildman–Crippen MR) is 551 cm³/mol. The van der Waals surface area contributed by atoms with Gasteiger partial charge in [-0.2, -0.15) is 0 Å². The Morgan fingerprint density at radius 3 is 1.42 bits per heavy atom. The van der Waals surface area contributed by atoms with E-state index in [1.165, 1.54) is 159 Å². The van der Waals surface area contributed by atoms with E-state index >= 15 is 0 Å². The van der Waals surface area contributed by atoms with Crippen molar-refractivity contribution in [2.24, 2.45) is 0 Å². The molecule has 0 atom stereocenters. The number of halogens is 8. The molecule has 0 fully saturated rings. The van der Waals surface area contributed by atoms with Crippen molar-refractivity contribution < 1.29 is 115 Å². The predicted octanol–water partition coefficient (Wildman–Crippen LogP) is 23.8. The van der Waals surface area contributed by atoms with Gasteiger partial charge < -0.3 is 87.0 Å². The Bertz CT molecular complexity index is 8680. The van der Waals surface area contributed by atoms with Crippen LogP contribution in [0.1, 0.15) is 109 Å². The monoisotopic (exact) mass is 2090 g/mol. The van der Waals surface area contributed by atoms with Crippen LogP contribution in [-0.4, -0.2) is 92.4 Å². The average Bonchev–Trinajstić information content (AvgIpc) is 0.730. The Labute approximate surface area is 854 Å². The van der Waals surface area contributed by atoms with E-state index in [2.05, 4.69) is 0 Å². The summed E-state index contributed by atoms with van der Waals surface area (Å²) in [6.07, 6.45) is 0.187. The number of carboxylic acid groups (broad SMARTS) is 4. The quantitative estimate of drug-likeness (QED) is 0.0456. The van der Waals surface area contributed by atoms with Crippen LogP contribution < -0.4 is 47.6 Å². The maximum Gasteiger partial charge on any atom is 0.337 e. The molecule has 5 heterocycles. The van der Waals surface area contributed by atoms with Crippen LogP contribution in [-0.2, 0) is 30.4 Å². The summed E-state index contributed by atoms with van der Waals surface area (Å²) in [4.78, 5) is 157. The number of hydrogen-bond donors (Lipinski definition) is 5. The van der Waals surface area contributed by atoms with Gasteiger partial charge >= 0.3 is 29.5 Å². The summed E-state index contributed by atoms with van der Waals surface area (Å²) >= 11 is 37.0. The summed E-state index contributed by atoms with van der Waals surface area (Å²) in [6.45, 7) is 13.7. The number of fused-ring (bicyclic) bond motifs is 11. The highest BCUT2D eigenvalue weighted by atomic mass is 35.5. The van der Waals surface area contributed by atoms with Gasteiger partial charge in [-0.1, -0.05) is 154 Å². The minimum Gasteiger partial charge on any atom is -0.872 e. The van der Waals surface area contributed by atoms with Crippen LogP contribution >= 0.6 is 69.6 Å². The molecule has 6 aliphatic rings. The summed E-state index contributed by atoms with van der Waals surface area (Å²) < 4.78 is 56.1. The molecule has 0 bridgehead atoms. The van der Waals surface area contributed by atoms with Crippen LogP contribution in [0.2, 0.25) is 30.1 Å². The van der Waals surface area contributed by atoms with Crippen LogP contribution in [0, 0.1) is 11.6 Å². The van der Waals surface area contributed by atoms with Crippen LogP contribution in [0.5, 0.6) is 23.0 Å². The molecular formula is C110H78Cl6F2NO27-3. The largest absolute Gasteiger partial charge is 0.872 e. The van der Waals surface area contributed by atoms with E-state index in [4.69, 9.17) is 91.7 Å². The summed E-state index contributed by atoms with van der Waals surface area (Å²) in [5.41, 5.74) is 4.49. The Balaban J connectivity index is 0.000000169. The number of aromatic hydroxyl groups is 1. The number of benzene rings is 14. The molecule has 5 N–H and O–H groups in total. The van der Waals surface area contributed by atoms with Gasteiger partial charge in [-0.3, -0.25) is 24.0 Å². The molecule has 0 amide bonds. The topological polar surface area (TPSA) is 478 Å². The van der Waals surface area contributed by atoms with Gasteiger partial charge in [0, 0.05) is 149 Å². The van der Waals surface area contributed by atoms with Gasteiger partial charge in [-0.05, 0) is 217 Å². The molecule has 0 spiro atoms. The first kappa shape index (κ1) is 110. The van der Waals surface area contributed by atoms with Crippen molar-refractivity contribution in [2.45, 2.75) is 68.7 Å². The Kier molecular flexibility index (Phi) is 35.3. The number of hydrogen-bond acceptors (Lipinski definition) is 24. The number of aromatic carboxylic acids is 4. The number of anilines is 1. The summed E-state index contributed by atoms with van der Waals surface area (Å²) in [6, 6.07) is 57.4. The number of phenolic OH excluding ortho intramolecular Hbond substituents is 1. The van der Waals surface area contributed by atoms with Crippen LogP contribution in [0.25, 0.3) is 155 Å². The fourth-order valence-electron chi connectivity index (χ4n) is 15.1. The number of carbonyl (C=O) groups excluding carboxylic acids is 5. The molecule has 13 aromatic rings. The van der Waals surface area contributed by atoms with Crippen molar-refractivity contribution in [2.75, 3.05) is 19.0 Å². The first-order chi connectivity index (χ1) is 68.9. The number of rotatable bonds is 11. The number of carboxylic acids is 4. The van der Waals surface area contributed by atoms with E-state index in [9.17, 15) is 117 Å². The smallest absolute Gasteiger partial charge is 0.337 e. The lowest BCUT2D eigenvalue weighted by Gasteiger charge is -2.22. The summed E-state index contributed by atoms with van der Waals surface area (Å²) in [7, 11) is 3.90. The number of Topliss-reactive ketones (excluding diaryl/α,β-unsaturated/α-hetero) is 5. The van der Waals surface area contributed by atoms with E-state index in [0.717, 1.165) is 57.1 Å². The lowest BCUT2D eigenvalue weighted by molar-refractivity contribution is -0.272. The highest BCUT2D eigenvalue weighted by Gasteiger charge is 2.32. The van der Waals surface area contributed by atoms with Crippen LogP contribution in [0.4, 0.5) is 14.5 Å². The van der Waals surface area contributed by atoms with E-state index in [1.54, 1.807) is 66.7 Å². The van der Waals surface area contributed by atoms with E-state index in [0.29, 0.717) is 66.7 Å². The molecule has 0 unspecified atom stereocenters. The second-order valence-electron chi connectivity index (χ2n) is 32.9. The average molecular weight is 2100 g/mol. The molecule has 3 aliphatic heterocycles. The lowest BCUT2D eigenvalue weighted by Crippen LogP contribution is -2.08. The van der Waals surface area contributed by atoms with E-state index in [-0.39, 0.29) is 177 Å². The highest BCUT2D eigenvalue weighted by Crippen LogP contribution is 2.53. The van der Waals surface area contributed by atoms with Gasteiger partial charge in [-0.25, -0.2) is 32.8 Å². The van der Waals surface area contributed by atoms with Gasteiger partial charge in [0.15, 0.2) is 28.0 Å². The van der Waals surface area contributed by atoms with E-state index < -0.39 is 63.5 Å². The summed E-state index contributed by atoms with van der Waals surface area (Å²) in [5, 5.41) is 86.9. The molecule has 0 saturated carbocycles. The Morgan fingerprint density at radius 1 is 0.363 bits per heavy atom. The van der Waals surface area contributed by atoms with Crippen LogP contribution in [0.3, 0.4) is 0 Å². The molecule has 19 rings (SSSR count). The maximum absolute atomic E-state index is 14.0. The third kappa shape index (κ3) is 25.3. The van der Waals surface area contributed by atoms with Gasteiger partial charge in [0.2, 0.25) is 10.9 Å². The first-order valence-electron chi connectivity index (χ1n) is 43.0. The number of ketones is 5. The maximum atomic E-state index is 14.0. The zero-order valence-corrected chi connectivity index (χ0v) is 82.9. The molecule has 146 heavy (non-hydrogen) atoms. The third-order valence-corrected chi connectivity index (χ3v) is 22.7. The van der Waals surface area contributed by atoms with Gasteiger partial charge in [0.05, 0.1) is 37.3 Å². The second-order valence-corrected chi connectivity index (χ2v) is 35.2. The zero-order valence-electron chi connectivity index (χ0n) is 78.3. The van der Waals surface area contributed by atoms with Gasteiger partial charge in [0.25, 0.3) is 0 Å². The summed E-state index contributed by atoms with van der Waals surface area (Å²) in [5.74, 6) is -7.92. The molecule has 0 saturated heterocycles. The van der Waals surface area contributed by atoms with Crippen molar-refractivity contribution >= 4 is 205 Å². The fourth-order valence-corrected chi connectivity index (χ4v) is 16.6. The number of phenols is 1. The molecule has 3 aliphatic carbocycles.